The van der Waals surface area contributed by atoms with Crippen LogP contribution in [0.3, 0.4) is 0 Å². The van der Waals surface area contributed by atoms with Gasteiger partial charge in [0.15, 0.2) is 5.82 Å². The summed E-state index contributed by atoms with van der Waals surface area (Å²) in [7, 11) is 1.69. The molecule has 1 aliphatic heterocycles. The predicted octanol–water partition coefficient (Wildman–Crippen LogP) is 3.05. The van der Waals surface area contributed by atoms with Crippen molar-refractivity contribution in [3.63, 3.8) is 0 Å². The zero-order valence-corrected chi connectivity index (χ0v) is 17.2. The molecular weight excluding hydrogens is 382 g/mol. The fraction of sp³-hybridized carbons (Fsp3) is 0.409. The van der Waals surface area contributed by atoms with Crippen LogP contribution in [0.4, 0.5) is 0 Å². The van der Waals surface area contributed by atoms with Crippen LogP contribution in [0.5, 0.6) is 0 Å². The van der Waals surface area contributed by atoms with E-state index in [1.54, 1.807) is 31.8 Å². The van der Waals surface area contributed by atoms with Gasteiger partial charge in [-0.2, -0.15) is 4.98 Å². The quantitative estimate of drug-likeness (QED) is 0.620. The highest BCUT2D eigenvalue weighted by molar-refractivity contribution is 5.94. The lowest BCUT2D eigenvalue weighted by molar-refractivity contribution is 0.0616. The van der Waals surface area contributed by atoms with Crippen LogP contribution in [0, 0.1) is 6.92 Å². The number of piperidine rings is 1. The average Bonchev–Trinajstić information content (AvgIpc) is 3.29. The Morgan fingerprint density at radius 3 is 2.67 bits per heavy atom. The molecule has 3 aromatic heterocycles. The predicted molar refractivity (Wildman–Crippen MR) is 110 cm³/mol. The van der Waals surface area contributed by atoms with Crippen molar-refractivity contribution in [2.24, 2.45) is 0 Å². The number of amides is 1. The Hall–Kier alpha value is -3.13. The molecule has 4 heterocycles. The van der Waals surface area contributed by atoms with E-state index in [-0.39, 0.29) is 11.3 Å². The van der Waals surface area contributed by atoms with Gasteiger partial charge in [0.05, 0.1) is 0 Å². The zero-order valence-electron chi connectivity index (χ0n) is 17.2. The third-order valence-electron chi connectivity index (χ3n) is 5.76. The second kappa shape index (κ2) is 8.71. The topological polar surface area (TPSA) is 94.2 Å². The molecule has 8 heteroatoms. The number of pyridine rings is 2. The summed E-state index contributed by atoms with van der Waals surface area (Å²) >= 11 is 0. The molecule has 0 atom stereocenters. The number of aromatic nitrogens is 4. The summed E-state index contributed by atoms with van der Waals surface area (Å²) in [6.07, 6.45) is 7.35. The first-order chi connectivity index (χ1) is 14.6. The van der Waals surface area contributed by atoms with E-state index in [2.05, 4.69) is 15.1 Å². The normalized spacial score (nSPS) is 15.9. The van der Waals surface area contributed by atoms with Crippen LogP contribution >= 0.6 is 0 Å². The van der Waals surface area contributed by atoms with Crippen molar-refractivity contribution in [1.29, 1.82) is 0 Å². The third-order valence-corrected chi connectivity index (χ3v) is 5.76. The first-order valence-electron chi connectivity index (χ1n) is 10.1. The highest BCUT2D eigenvalue weighted by Gasteiger charge is 2.41. The monoisotopic (exact) mass is 407 g/mol. The summed E-state index contributed by atoms with van der Waals surface area (Å²) in [5.74, 6) is 1.19. The molecule has 0 aromatic carbocycles. The third kappa shape index (κ3) is 4.09. The standard InChI is InChI=1S/C22H25N5O3/c1-16-15-18(5-11-24-16)20(28)27-12-6-22(7-13-27,8-14-29-2)21-25-19(30-26-21)17-3-9-23-10-4-17/h3-5,9-11,15H,6-8,12-14H2,1-2H3. The van der Waals surface area contributed by atoms with Crippen LogP contribution < -0.4 is 0 Å². The highest BCUT2D eigenvalue weighted by atomic mass is 16.5. The Labute approximate surface area is 175 Å². The number of carbonyl (C=O) groups is 1. The van der Waals surface area contributed by atoms with E-state index in [4.69, 9.17) is 14.2 Å². The van der Waals surface area contributed by atoms with Gasteiger partial charge in [-0.1, -0.05) is 5.16 Å². The summed E-state index contributed by atoms with van der Waals surface area (Å²) < 4.78 is 10.9. The van der Waals surface area contributed by atoms with Crippen molar-refractivity contribution in [2.45, 2.75) is 31.6 Å². The number of ether oxygens (including phenoxy) is 1. The first-order valence-corrected chi connectivity index (χ1v) is 10.1. The van der Waals surface area contributed by atoms with Crippen molar-refractivity contribution < 1.29 is 14.1 Å². The molecule has 0 N–H and O–H groups in total. The maximum absolute atomic E-state index is 12.9. The molecule has 8 nitrogen and oxygen atoms in total. The molecule has 0 spiro atoms. The van der Waals surface area contributed by atoms with Crippen LogP contribution in [-0.4, -0.2) is 57.7 Å². The van der Waals surface area contributed by atoms with Gasteiger partial charge in [0.2, 0.25) is 0 Å². The van der Waals surface area contributed by atoms with E-state index in [1.165, 1.54) is 0 Å². The molecule has 1 aliphatic rings. The Morgan fingerprint density at radius 1 is 1.20 bits per heavy atom. The van der Waals surface area contributed by atoms with E-state index in [1.807, 2.05) is 30.0 Å². The number of hydrogen-bond acceptors (Lipinski definition) is 7. The summed E-state index contributed by atoms with van der Waals surface area (Å²) in [4.78, 5) is 27.7. The molecule has 0 bridgehead atoms. The van der Waals surface area contributed by atoms with Crippen LogP contribution in [0.15, 0.2) is 47.4 Å². The van der Waals surface area contributed by atoms with Crippen molar-refractivity contribution in [1.82, 2.24) is 25.0 Å². The van der Waals surface area contributed by atoms with Gasteiger partial charge in [-0.05, 0) is 50.5 Å². The van der Waals surface area contributed by atoms with E-state index >= 15 is 0 Å². The number of aryl methyl sites for hydroxylation is 1. The zero-order chi connectivity index (χ0) is 21.0. The molecule has 1 saturated heterocycles. The van der Waals surface area contributed by atoms with Crippen molar-refractivity contribution in [2.75, 3.05) is 26.8 Å². The second-order valence-corrected chi connectivity index (χ2v) is 7.66. The van der Waals surface area contributed by atoms with Gasteiger partial charge in [-0.25, -0.2) is 0 Å². The number of likely N-dealkylation sites (tertiary alicyclic amines) is 1. The first kappa shape index (κ1) is 20.2. The van der Waals surface area contributed by atoms with Gasteiger partial charge in [0, 0.05) is 67.6 Å². The second-order valence-electron chi connectivity index (χ2n) is 7.66. The molecule has 3 aromatic rings. The Kier molecular flexibility index (Phi) is 5.85. The number of nitrogens with zero attached hydrogens (tertiary/aromatic N) is 5. The van der Waals surface area contributed by atoms with Gasteiger partial charge < -0.3 is 14.2 Å². The van der Waals surface area contributed by atoms with Crippen LogP contribution in [0.2, 0.25) is 0 Å². The Bertz CT molecular complexity index is 997. The minimum absolute atomic E-state index is 0.0337. The van der Waals surface area contributed by atoms with Gasteiger partial charge in [0.1, 0.15) is 0 Å². The molecule has 1 amide bonds. The average molecular weight is 407 g/mol. The Morgan fingerprint density at radius 2 is 1.97 bits per heavy atom. The van der Waals surface area contributed by atoms with Gasteiger partial charge in [-0.15, -0.1) is 0 Å². The molecule has 156 valence electrons. The molecular formula is C22H25N5O3. The summed E-state index contributed by atoms with van der Waals surface area (Å²) in [6, 6.07) is 7.28. The fourth-order valence-corrected chi connectivity index (χ4v) is 3.93. The summed E-state index contributed by atoms with van der Waals surface area (Å²) in [5.41, 5.74) is 2.07. The maximum atomic E-state index is 12.9. The highest BCUT2D eigenvalue weighted by Crippen LogP contribution is 2.38. The number of rotatable bonds is 6. The fourth-order valence-electron chi connectivity index (χ4n) is 3.93. The number of carbonyl (C=O) groups excluding carboxylic acids is 1. The van der Waals surface area contributed by atoms with E-state index < -0.39 is 0 Å². The largest absolute Gasteiger partial charge is 0.385 e. The van der Waals surface area contributed by atoms with Crippen LogP contribution in [-0.2, 0) is 10.2 Å². The molecule has 30 heavy (non-hydrogen) atoms. The molecule has 0 unspecified atom stereocenters. The summed E-state index contributed by atoms with van der Waals surface area (Å²) in [6.45, 7) is 3.74. The van der Waals surface area contributed by atoms with Gasteiger partial charge in [-0.3, -0.25) is 14.8 Å². The lowest BCUT2D eigenvalue weighted by Gasteiger charge is -2.39. The maximum Gasteiger partial charge on any atom is 0.258 e. The summed E-state index contributed by atoms with van der Waals surface area (Å²) in [5, 5.41) is 4.31. The molecule has 0 aliphatic carbocycles. The van der Waals surface area contributed by atoms with Crippen molar-refractivity contribution >= 4 is 5.91 Å². The van der Waals surface area contributed by atoms with Gasteiger partial charge >= 0.3 is 0 Å². The molecule has 4 rings (SSSR count). The minimum atomic E-state index is -0.282. The number of methoxy groups -OCH3 is 1. The van der Waals surface area contributed by atoms with Crippen LogP contribution in [0.1, 0.15) is 41.1 Å². The Balaban J connectivity index is 1.53. The van der Waals surface area contributed by atoms with Crippen molar-refractivity contribution in [3.05, 3.63) is 59.9 Å². The smallest absolute Gasteiger partial charge is 0.258 e. The van der Waals surface area contributed by atoms with E-state index in [0.29, 0.717) is 37.0 Å². The van der Waals surface area contributed by atoms with Crippen LogP contribution in [0.25, 0.3) is 11.5 Å². The van der Waals surface area contributed by atoms with Crippen molar-refractivity contribution in [3.8, 4) is 11.5 Å². The molecule has 0 saturated carbocycles. The van der Waals surface area contributed by atoms with Gasteiger partial charge in [0.25, 0.3) is 11.8 Å². The lowest BCUT2D eigenvalue weighted by atomic mass is 9.75. The van der Waals surface area contributed by atoms with E-state index in [0.717, 1.165) is 30.5 Å². The minimum Gasteiger partial charge on any atom is -0.385 e. The SMILES string of the molecule is COCCC1(c2noc(-c3ccncc3)n2)CCN(C(=O)c2ccnc(C)c2)CC1. The van der Waals surface area contributed by atoms with E-state index in [9.17, 15) is 4.79 Å². The molecule has 0 radical (unpaired) electrons. The lowest BCUT2D eigenvalue weighted by Crippen LogP contribution is -2.46. The molecule has 1 fully saturated rings. The number of hydrogen-bond donors (Lipinski definition) is 0.